The lowest BCUT2D eigenvalue weighted by atomic mass is 9.95. The molecule has 5 nitrogen and oxygen atoms in total. The molecule has 2 rings (SSSR count). The van der Waals surface area contributed by atoms with Crippen LogP contribution in [0.15, 0.2) is 4.47 Å². The highest BCUT2D eigenvalue weighted by molar-refractivity contribution is 9.10. The van der Waals surface area contributed by atoms with E-state index in [1.807, 2.05) is 14.0 Å². The summed E-state index contributed by atoms with van der Waals surface area (Å²) in [5, 5.41) is 14.5. The highest BCUT2D eigenvalue weighted by Crippen LogP contribution is 2.38. The van der Waals surface area contributed by atoms with Gasteiger partial charge in [0.25, 0.3) is 0 Å². The van der Waals surface area contributed by atoms with Crippen molar-refractivity contribution in [3.8, 4) is 0 Å². The van der Waals surface area contributed by atoms with E-state index in [0.717, 1.165) is 28.7 Å². The second-order valence-corrected chi connectivity index (χ2v) is 8.70. The fourth-order valence-corrected chi connectivity index (χ4v) is 5.49. The van der Waals surface area contributed by atoms with Crippen LogP contribution in [0.25, 0.3) is 0 Å². The van der Waals surface area contributed by atoms with Crippen LogP contribution in [-0.4, -0.2) is 40.4 Å². The summed E-state index contributed by atoms with van der Waals surface area (Å²) in [5.74, 6) is 0. The monoisotopic (exact) mass is 364 g/mol. The third-order valence-corrected chi connectivity index (χ3v) is 6.79. The first-order chi connectivity index (χ1) is 9.19. The predicted molar refractivity (Wildman–Crippen MR) is 81.4 cm³/mol. The summed E-state index contributed by atoms with van der Waals surface area (Å²) in [4.78, 5) is 0. The van der Waals surface area contributed by atoms with Crippen LogP contribution in [0.4, 0.5) is 0 Å². The minimum Gasteiger partial charge on any atom is -0.388 e. The van der Waals surface area contributed by atoms with Crippen molar-refractivity contribution in [2.45, 2.75) is 49.9 Å². The first kappa shape index (κ1) is 16.0. The molecule has 0 amide bonds. The van der Waals surface area contributed by atoms with Gasteiger partial charge in [0, 0.05) is 19.7 Å². The van der Waals surface area contributed by atoms with E-state index in [9.17, 15) is 13.5 Å². The van der Waals surface area contributed by atoms with Crippen molar-refractivity contribution in [1.82, 2.24) is 9.78 Å². The summed E-state index contributed by atoms with van der Waals surface area (Å²) in [5.41, 5.74) is 0.606. The van der Waals surface area contributed by atoms with E-state index in [1.165, 1.54) is 6.26 Å². The number of halogens is 1. The van der Waals surface area contributed by atoms with Crippen LogP contribution in [0.1, 0.15) is 37.6 Å². The van der Waals surface area contributed by atoms with Crippen LogP contribution in [0.2, 0.25) is 0 Å². The molecule has 1 fully saturated rings. The molecule has 1 heterocycles. The Labute approximate surface area is 128 Å². The van der Waals surface area contributed by atoms with E-state index in [-0.39, 0.29) is 0 Å². The number of rotatable bonds is 4. The van der Waals surface area contributed by atoms with Gasteiger partial charge in [0.05, 0.1) is 26.7 Å². The van der Waals surface area contributed by atoms with E-state index >= 15 is 0 Å². The van der Waals surface area contributed by atoms with E-state index in [0.29, 0.717) is 19.3 Å². The summed E-state index contributed by atoms with van der Waals surface area (Å²) >= 11 is 3.52. The third kappa shape index (κ3) is 2.80. The van der Waals surface area contributed by atoms with E-state index in [1.54, 1.807) is 4.68 Å². The largest absolute Gasteiger partial charge is 0.388 e. The average molecular weight is 365 g/mol. The van der Waals surface area contributed by atoms with Gasteiger partial charge in [0.15, 0.2) is 9.84 Å². The molecule has 0 aliphatic heterocycles. The molecule has 20 heavy (non-hydrogen) atoms. The molecule has 1 saturated carbocycles. The maximum atomic E-state index is 11.9. The van der Waals surface area contributed by atoms with Crippen LogP contribution < -0.4 is 0 Å². The fourth-order valence-electron chi connectivity index (χ4n) is 3.14. The molecule has 2 atom stereocenters. The maximum absolute atomic E-state index is 11.9. The second-order valence-electron chi connectivity index (χ2n) is 5.68. The molecular weight excluding hydrogens is 344 g/mol. The van der Waals surface area contributed by atoms with Gasteiger partial charge in [-0.2, -0.15) is 5.10 Å². The van der Waals surface area contributed by atoms with E-state index in [2.05, 4.69) is 21.0 Å². The standard InChI is InChI=1S/C13H21BrN2O3S/c1-4-9-12(14)10(16(2)15-9)8-13(17)7-5-6-11(13)20(3,18)19/h11,17H,4-8H2,1-3H3. The van der Waals surface area contributed by atoms with Gasteiger partial charge in [-0.1, -0.05) is 6.92 Å². The number of hydrogen-bond donors (Lipinski definition) is 1. The lowest BCUT2D eigenvalue weighted by Gasteiger charge is -2.29. The zero-order chi connectivity index (χ0) is 15.1. The lowest BCUT2D eigenvalue weighted by molar-refractivity contribution is 0.0492. The first-order valence-electron chi connectivity index (χ1n) is 6.80. The van der Waals surface area contributed by atoms with Gasteiger partial charge in [-0.25, -0.2) is 8.42 Å². The summed E-state index contributed by atoms with van der Waals surface area (Å²) in [6.07, 6.45) is 4.11. The number of aliphatic hydroxyl groups is 1. The Morgan fingerprint density at radius 3 is 2.70 bits per heavy atom. The molecule has 0 spiro atoms. The van der Waals surface area contributed by atoms with Gasteiger partial charge in [-0.3, -0.25) is 4.68 Å². The number of nitrogens with zero attached hydrogens (tertiary/aromatic N) is 2. The van der Waals surface area contributed by atoms with Crippen LogP contribution in [0.3, 0.4) is 0 Å². The number of hydrogen-bond acceptors (Lipinski definition) is 4. The summed E-state index contributed by atoms with van der Waals surface area (Å²) in [7, 11) is -1.42. The third-order valence-electron chi connectivity index (χ3n) is 4.17. The molecule has 1 aromatic heterocycles. The van der Waals surface area contributed by atoms with Crippen molar-refractivity contribution < 1.29 is 13.5 Å². The molecule has 1 N–H and O–H groups in total. The van der Waals surface area contributed by atoms with Crippen molar-refractivity contribution in [2.75, 3.05) is 6.26 Å². The van der Waals surface area contributed by atoms with E-state index < -0.39 is 20.7 Å². The number of aromatic nitrogens is 2. The molecule has 1 aliphatic rings. The fraction of sp³-hybridized carbons (Fsp3) is 0.769. The highest BCUT2D eigenvalue weighted by atomic mass is 79.9. The Morgan fingerprint density at radius 1 is 1.55 bits per heavy atom. The molecule has 7 heteroatoms. The topological polar surface area (TPSA) is 72.2 Å². The van der Waals surface area contributed by atoms with Crippen LogP contribution in [0, 0.1) is 0 Å². The summed E-state index contributed by atoms with van der Waals surface area (Å²) in [6, 6.07) is 0. The Kier molecular flexibility index (Phi) is 4.33. The zero-order valence-electron chi connectivity index (χ0n) is 12.1. The van der Waals surface area contributed by atoms with Crippen LogP contribution in [-0.2, 0) is 29.7 Å². The van der Waals surface area contributed by atoms with Gasteiger partial charge < -0.3 is 5.11 Å². The Bertz CT molecular complexity index is 611. The molecule has 1 aromatic rings. The molecular formula is C13H21BrN2O3S. The summed E-state index contributed by atoms with van der Waals surface area (Å²) in [6.45, 7) is 2.01. The van der Waals surface area contributed by atoms with Crippen molar-refractivity contribution >= 4 is 25.8 Å². The normalized spacial score (nSPS) is 27.1. The van der Waals surface area contributed by atoms with Gasteiger partial charge in [0.2, 0.25) is 0 Å². The van der Waals surface area contributed by atoms with Gasteiger partial charge in [-0.15, -0.1) is 0 Å². The Morgan fingerprint density at radius 2 is 2.20 bits per heavy atom. The van der Waals surface area contributed by atoms with E-state index in [4.69, 9.17) is 0 Å². The predicted octanol–water partition coefficient (Wildman–Crippen LogP) is 1.62. The zero-order valence-corrected chi connectivity index (χ0v) is 14.5. The Balaban J connectivity index is 2.36. The minimum atomic E-state index is -3.25. The highest BCUT2D eigenvalue weighted by Gasteiger charge is 2.47. The average Bonchev–Trinajstić information content (AvgIpc) is 2.84. The molecule has 114 valence electrons. The molecule has 0 bridgehead atoms. The lowest BCUT2D eigenvalue weighted by Crippen LogP contribution is -2.44. The van der Waals surface area contributed by atoms with Gasteiger partial charge in [0.1, 0.15) is 0 Å². The number of aryl methyl sites for hydroxylation is 2. The van der Waals surface area contributed by atoms with Crippen molar-refractivity contribution in [3.05, 3.63) is 15.9 Å². The molecule has 0 saturated heterocycles. The summed E-state index contributed by atoms with van der Waals surface area (Å²) < 4.78 is 26.4. The van der Waals surface area contributed by atoms with Crippen molar-refractivity contribution in [3.63, 3.8) is 0 Å². The van der Waals surface area contributed by atoms with Gasteiger partial charge in [-0.05, 0) is 41.6 Å². The maximum Gasteiger partial charge on any atom is 0.153 e. The number of sulfone groups is 1. The molecule has 1 aliphatic carbocycles. The first-order valence-corrected chi connectivity index (χ1v) is 9.55. The smallest absolute Gasteiger partial charge is 0.153 e. The SMILES string of the molecule is CCc1nn(C)c(CC2(O)CCCC2S(C)(=O)=O)c1Br. The minimum absolute atomic E-state index is 0.314. The van der Waals surface area contributed by atoms with Crippen LogP contribution in [0.5, 0.6) is 0 Å². The molecule has 0 radical (unpaired) electrons. The second kappa shape index (κ2) is 5.42. The Hall–Kier alpha value is -0.400. The van der Waals surface area contributed by atoms with Crippen molar-refractivity contribution in [2.24, 2.45) is 7.05 Å². The van der Waals surface area contributed by atoms with Gasteiger partial charge >= 0.3 is 0 Å². The molecule has 0 aromatic carbocycles. The van der Waals surface area contributed by atoms with Crippen molar-refractivity contribution in [1.29, 1.82) is 0 Å². The molecule has 2 unspecified atom stereocenters. The quantitative estimate of drug-likeness (QED) is 0.880. The van der Waals surface area contributed by atoms with Crippen LogP contribution >= 0.6 is 15.9 Å².